The average molecular weight is 564 g/mol. The second-order valence-corrected chi connectivity index (χ2v) is 13.2. The Kier molecular flexibility index (Phi) is 8.47. The number of carbonyl (C=O) groups excluding carboxylic acids is 2. The van der Waals surface area contributed by atoms with E-state index in [-0.39, 0.29) is 17.5 Å². The van der Waals surface area contributed by atoms with Gasteiger partial charge in [-0.3, -0.25) is 19.5 Å². The van der Waals surface area contributed by atoms with E-state index in [4.69, 9.17) is 23.3 Å². The number of carbonyl (C=O) groups is 2. The summed E-state index contributed by atoms with van der Waals surface area (Å²) in [5, 5.41) is 1.62. The van der Waals surface area contributed by atoms with Gasteiger partial charge in [0, 0.05) is 19.8 Å². The first-order valence-corrected chi connectivity index (χ1v) is 15.0. The van der Waals surface area contributed by atoms with Crippen LogP contribution in [0.15, 0.2) is 24.3 Å². The summed E-state index contributed by atoms with van der Waals surface area (Å²) in [6, 6.07) is 7.57. The maximum absolute atomic E-state index is 12.5. The minimum absolute atomic E-state index is 0.171. The van der Waals surface area contributed by atoms with Crippen LogP contribution in [0.3, 0.4) is 0 Å². The first-order valence-electron chi connectivity index (χ1n) is 12.4. The normalized spacial score (nSPS) is 21.1. The molecule has 38 heavy (non-hydrogen) atoms. The Morgan fingerprint density at radius 3 is 2.34 bits per heavy atom. The van der Waals surface area contributed by atoms with Crippen LogP contribution in [0.25, 0.3) is 0 Å². The van der Waals surface area contributed by atoms with Gasteiger partial charge >= 0.3 is 7.60 Å². The van der Waals surface area contributed by atoms with Crippen molar-refractivity contribution in [2.75, 3.05) is 27.2 Å². The lowest BCUT2D eigenvalue weighted by Gasteiger charge is -2.38. The SMILES string of the molecule is COP(=O)(COc1c(C)c(C)c2c(c1C)CCC(C)(COc1ccc(CC3SC(=O)NC3=O)cc1)O2)OC. The summed E-state index contributed by atoms with van der Waals surface area (Å²) in [7, 11) is -0.622. The molecule has 1 fully saturated rings. The van der Waals surface area contributed by atoms with Gasteiger partial charge in [0.05, 0.1) is 5.25 Å². The first-order chi connectivity index (χ1) is 18.0. The van der Waals surface area contributed by atoms with E-state index in [1.54, 1.807) is 0 Å². The smallest absolute Gasteiger partial charge is 0.367 e. The number of thioether (sulfide) groups is 1. The number of imide groups is 1. The van der Waals surface area contributed by atoms with Crippen molar-refractivity contribution in [2.45, 2.75) is 57.8 Å². The molecule has 0 bridgehead atoms. The molecule has 2 atom stereocenters. The third kappa shape index (κ3) is 6.04. The van der Waals surface area contributed by atoms with E-state index in [9.17, 15) is 14.2 Å². The van der Waals surface area contributed by atoms with E-state index < -0.39 is 18.4 Å². The molecule has 1 saturated heterocycles. The number of hydrogen-bond donors (Lipinski definition) is 1. The van der Waals surface area contributed by atoms with Gasteiger partial charge in [-0.2, -0.15) is 0 Å². The molecule has 2 heterocycles. The van der Waals surface area contributed by atoms with Gasteiger partial charge in [-0.1, -0.05) is 23.9 Å². The highest BCUT2D eigenvalue weighted by molar-refractivity contribution is 8.15. The number of fused-ring (bicyclic) bond motifs is 1. The predicted molar refractivity (Wildman–Crippen MR) is 146 cm³/mol. The summed E-state index contributed by atoms with van der Waals surface area (Å²) in [6.07, 6.45) is 1.84. The molecule has 2 aromatic carbocycles. The molecule has 0 radical (unpaired) electrons. The van der Waals surface area contributed by atoms with E-state index in [1.165, 1.54) is 14.2 Å². The topological polar surface area (TPSA) is 109 Å². The number of amides is 2. The largest absolute Gasteiger partial charge is 0.489 e. The van der Waals surface area contributed by atoms with Crippen LogP contribution < -0.4 is 19.5 Å². The van der Waals surface area contributed by atoms with Gasteiger partial charge < -0.3 is 23.3 Å². The minimum Gasteiger partial charge on any atom is -0.489 e. The van der Waals surface area contributed by atoms with Gasteiger partial charge in [-0.25, -0.2) is 0 Å². The fourth-order valence-electron chi connectivity index (χ4n) is 4.62. The molecular weight excluding hydrogens is 529 g/mol. The van der Waals surface area contributed by atoms with E-state index in [0.717, 1.165) is 58.2 Å². The van der Waals surface area contributed by atoms with Crippen molar-refractivity contribution < 1.29 is 37.4 Å². The number of hydrogen-bond acceptors (Lipinski definition) is 9. The summed E-state index contributed by atoms with van der Waals surface area (Å²) >= 11 is 1.03. The van der Waals surface area contributed by atoms with Crippen molar-refractivity contribution in [1.82, 2.24) is 5.32 Å². The third-order valence-corrected chi connectivity index (χ3v) is 9.68. The van der Waals surface area contributed by atoms with Crippen molar-refractivity contribution in [1.29, 1.82) is 0 Å². The number of ether oxygens (including phenoxy) is 3. The Hall–Kier alpha value is -2.52. The highest BCUT2D eigenvalue weighted by Crippen LogP contribution is 2.49. The van der Waals surface area contributed by atoms with E-state index >= 15 is 0 Å². The molecule has 1 N–H and O–H groups in total. The molecule has 0 aliphatic carbocycles. The Labute approximate surface area is 227 Å². The lowest BCUT2D eigenvalue weighted by molar-refractivity contribution is -0.118. The van der Waals surface area contributed by atoms with Gasteiger partial charge in [0.1, 0.15) is 29.5 Å². The minimum atomic E-state index is -3.31. The fourth-order valence-corrected chi connectivity index (χ4v) is 6.13. The monoisotopic (exact) mass is 563 g/mol. The predicted octanol–water partition coefficient (Wildman–Crippen LogP) is 5.49. The molecule has 0 spiro atoms. The van der Waals surface area contributed by atoms with Crippen molar-refractivity contribution in [2.24, 2.45) is 0 Å². The highest BCUT2D eigenvalue weighted by atomic mass is 32.2. The Bertz CT molecular complexity index is 1270. The van der Waals surface area contributed by atoms with Gasteiger partial charge in [0.15, 0.2) is 6.35 Å². The summed E-state index contributed by atoms with van der Waals surface area (Å²) < 4.78 is 41.1. The van der Waals surface area contributed by atoms with Crippen LogP contribution in [0.1, 0.15) is 41.2 Å². The quantitative estimate of drug-likeness (QED) is 0.375. The van der Waals surface area contributed by atoms with Crippen molar-refractivity contribution >= 4 is 30.5 Å². The molecule has 2 amide bonds. The maximum Gasteiger partial charge on any atom is 0.367 e. The maximum atomic E-state index is 12.5. The fraction of sp³-hybridized carbons (Fsp3) is 0.481. The van der Waals surface area contributed by atoms with Crippen molar-refractivity contribution in [3.63, 3.8) is 0 Å². The van der Waals surface area contributed by atoms with Crippen LogP contribution in [0, 0.1) is 20.8 Å². The van der Waals surface area contributed by atoms with Crippen LogP contribution in [-0.2, 0) is 31.2 Å². The number of benzene rings is 2. The Morgan fingerprint density at radius 1 is 1.05 bits per heavy atom. The van der Waals surface area contributed by atoms with Crippen LogP contribution >= 0.6 is 19.4 Å². The Balaban J connectivity index is 1.42. The molecule has 2 aliphatic rings. The van der Waals surface area contributed by atoms with Crippen LogP contribution in [0.4, 0.5) is 4.79 Å². The molecule has 206 valence electrons. The lowest BCUT2D eigenvalue weighted by atomic mass is 9.87. The number of rotatable bonds is 10. The standard InChI is InChI=1S/C27H34NO8PS/c1-16-17(2)24-21(18(3)23(16)35-15-37(31,32-5)33-6)11-12-27(4,36-24)14-34-20-9-7-19(8-10-20)13-22-25(29)28-26(30)38-22/h7-10,22H,11-15H2,1-6H3,(H,28,29,30). The summed E-state index contributed by atoms with van der Waals surface area (Å²) in [4.78, 5) is 23.2. The summed E-state index contributed by atoms with van der Waals surface area (Å²) in [5.41, 5.74) is 4.33. The first kappa shape index (κ1) is 28.5. The Morgan fingerprint density at radius 2 is 1.74 bits per heavy atom. The summed E-state index contributed by atoms with van der Waals surface area (Å²) in [6.45, 7) is 8.34. The van der Waals surface area contributed by atoms with E-state index in [0.29, 0.717) is 24.5 Å². The van der Waals surface area contributed by atoms with Gasteiger partial charge in [0.25, 0.3) is 5.24 Å². The lowest BCUT2D eigenvalue weighted by Crippen LogP contribution is -2.42. The second-order valence-electron chi connectivity index (χ2n) is 9.83. The third-order valence-electron chi connectivity index (χ3n) is 7.14. The molecule has 9 nitrogen and oxygen atoms in total. The van der Waals surface area contributed by atoms with Crippen molar-refractivity contribution in [3.8, 4) is 17.2 Å². The zero-order valence-electron chi connectivity index (χ0n) is 22.5. The second kappa shape index (κ2) is 11.3. The highest BCUT2D eigenvalue weighted by Gasteiger charge is 2.36. The molecular formula is C27H34NO8PS. The summed E-state index contributed by atoms with van der Waals surface area (Å²) in [5.74, 6) is 1.98. The van der Waals surface area contributed by atoms with Crippen LogP contribution in [0.5, 0.6) is 17.2 Å². The number of nitrogens with one attached hydrogen (secondary N) is 1. The average Bonchev–Trinajstić information content (AvgIpc) is 3.22. The molecule has 2 aromatic rings. The van der Waals surface area contributed by atoms with Crippen molar-refractivity contribution in [3.05, 3.63) is 52.1 Å². The molecule has 0 saturated carbocycles. The molecule has 4 rings (SSSR count). The molecule has 2 unspecified atom stereocenters. The van der Waals surface area contributed by atoms with Gasteiger partial charge in [-0.15, -0.1) is 0 Å². The van der Waals surface area contributed by atoms with E-state index in [2.05, 4.69) is 5.32 Å². The van der Waals surface area contributed by atoms with Crippen LogP contribution in [-0.4, -0.2) is 49.2 Å². The van der Waals surface area contributed by atoms with Crippen LogP contribution in [0.2, 0.25) is 0 Å². The van der Waals surface area contributed by atoms with Gasteiger partial charge in [-0.05, 0) is 81.3 Å². The molecule has 2 aliphatic heterocycles. The van der Waals surface area contributed by atoms with E-state index in [1.807, 2.05) is 52.0 Å². The zero-order chi connectivity index (χ0) is 27.7. The molecule has 0 aromatic heterocycles. The zero-order valence-corrected chi connectivity index (χ0v) is 24.3. The molecule has 11 heteroatoms. The van der Waals surface area contributed by atoms with Gasteiger partial charge in [0.2, 0.25) is 5.91 Å².